The van der Waals surface area contributed by atoms with E-state index in [0.717, 1.165) is 29.1 Å². The van der Waals surface area contributed by atoms with E-state index in [1.807, 2.05) is 6.07 Å². The second-order valence-corrected chi connectivity index (χ2v) is 6.46. The molecule has 18 heavy (non-hydrogen) atoms. The number of pyridine rings is 1. The van der Waals surface area contributed by atoms with Crippen molar-refractivity contribution >= 4 is 22.6 Å². The van der Waals surface area contributed by atoms with Crippen molar-refractivity contribution in [3.63, 3.8) is 0 Å². The van der Waals surface area contributed by atoms with Crippen LogP contribution in [-0.4, -0.2) is 33.5 Å². The Morgan fingerprint density at radius 1 is 1.39 bits per heavy atom. The monoisotopic (exact) mass is 263 g/mol. The van der Waals surface area contributed by atoms with Crippen molar-refractivity contribution in [2.75, 3.05) is 13.1 Å². The standard InChI is InChI=1S/C14H18ClN3/c1-14(2,3)18-7-9(8-18)12-6-10-11(15)4-5-16-13(10)17-12/h4-6,9H,7-8H2,1-3H3,(H,16,17). The average molecular weight is 264 g/mol. The van der Waals surface area contributed by atoms with Crippen LogP contribution in [0.5, 0.6) is 0 Å². The van der Waals surface area contributed by atoms with Crippen LogP contribution in [0.1, 0.15) is 32.4 Å². The number of rotatable bonds is 1. The van der Waals surface area contributed by atoms with Crippen molar-refractivity contribution in [1.82, 2.24) is 14.9 Å². The second-order valence-electron chi connectivity index (χ2n) is 6.05. The van der Waals surface area contributed by atoms with Gasteiger partial charge in [0.15, 0.2) is 0 Å². The van der Waals surface area contributed by atoms with Crippen molar-refractivity contribution in [2.45, 2.75) is 32.2 Å². The van der Waals surface area contributed by atoms with E-state index in [-0.39, 0.29) is 5.54 Å². The van der Waals surface area contributed by atoms with Crippen molar-refractivity contribution in [3.05, 3.63) is 29.0 Å². The zero-order valence-corrected chi connectivity index (χ0v) is 11.8. The van der Waals surface area contributed by atoms with Gasteiger partial charge >= 0.3 is 0 Å². The smallest absolute Gasteiger partial charge is 0.138 e. The molecular formula is C14H18ClN3. The summed E-state index contributed by atoms with van der Waals surface area (Å²) in [5.41, 5.74) is 2.41. The Balaban J connectivity index is 1.83. The molecule has 1 N–H and O–H groups in total. The van der Waals surface area contributed by atoms with Crippen LogP contribution in [0.4, 0.5) is 0 Å². The molecule has 3 rings (SSSR count). The summed E-state index contributed by atoms with van der Waals surface area (Å²) in [4.78, 5) is 10.2. The van der Waals surface area contributed by atoms with Crippen LogP contribution in [0, 0.1) is 0 Å². The first-order chi connectivity index (χ1) is 8.45. The Hall–Kier alpha value is -1.06. The number of nitrogens with zero attached hydrogens (tertiary/aromatic N) is 2. The van der Waals surface area contributed by atoms with Gasteiger partial charge < -0.3 is 4.98 Å². The SMILES string of the molecule is CC(C)(C)N1CC(c2cc3c(Cl)ccnc3[nH]2)C1. The molecular weight excluding hydrogens is 246 g/mol. The van der Waals surface area contributed by atoms with Gasteiger partial charge in [-0.05, 0) is 32.9 Å². The van der Waals surface area contributed by atoms with Crippen LogP contribution in [0.3, 0.4) is 0 Å². The predicted molar refractivity (Wildman–Crippen MR) is 75.2 cm³/mol. The van der Waals surface area contributed by atoms with Gasteiger partial charge in [-0.25, -0.2) is 4.98 Å². The normalized spacial score (nSPS) is 18.2. The van der Waals surface area contributed by atoms with Crippen LogP contribution in [-0.2, 0) is 0 Å². The molecule has 0 spiro atoms. The molecule has 0 radical (unpaired) electrons. The number of likely N-dealkylation sites (tertiary alicyclic amines) is 1. The van der Waals surface area contributed by atoms with E-state index in [1.165, 1.54) is 5.69 Å². The minimum atomic E-state index is 0.262. The Bertz CT molecular complexity index is 576. The summed E-state index contributed by atoms with van der Waals surface area (Å²) in [5.74, 6) is 0.578. The fourth-order valence-corrected chi connectivity index (χ4v) is 2.66. The number of H-pyrrole nitrogens is 1. The number of aromatic amines is 1. The number of aromatic nitrogens is 2. The lowest BCUT2D eigenvalue weighted by molar-refractivity contribution is 0.0458. The number of fused-ring (bicyclic) bond motifs is 1. The topological polar surface area (TPSA) is 31.9 Å². The highest BCUT2D eigenvalue weighted by Crippen LogP contribution is 2.34. The number of hydrogen-bond donors (Lipinski definition) is 1. The highest BCUT2D eigenvalue weighted by molar-refractivity contribution is 6.35. The fraction of sp³-hybridized carbons (Fsp3) is 0.500. The quantitative estimate of drug-likeness (QED) is 0.855. The number of hydrogen-bond acceptors (Lipinski definition) is 2. The zero-order valence-electron chi connectivity index (χ0n) is 11.0. The molecule has 1 aliphatic heterocycles. The van der Waals surface area contributed by atoms with Gasteiger partial charge in [0.25, 0.3) is 0 Å². The Kier molecular flexibility index (Phi) is 2.65. The van der Waals surface area contributed by atoms with E-state index in [4.69, 9.17) is 11.6 Å². The van der Waals surface area contributed by atoms with Crippen molar-refractivity contribution < 1.29 is 0 Å². The van der Waals surface area contributed by atoms with Crippen LogP contribution in [0.2, 0.25) is 5.02 Å². The average Bonchev–Trinajstić information content (AvgIpc) is 2.57. The molecule has 1 saturated heterocycles. The predicted octanol–water partition coefficient (Wildman–Crippen LogP) is 3.41. The zero-order chi connectivity index (χ0) is 12.9. The van der Waals surface area contributed by atoms with Crippen molar-refractivity contribution in [2.24, 2.45) is 0 Å². The molecule has 1 fully saturated rings. The van der Waals surface area contributed by atoms with Crippen LogP contribution >= 0.6 is 11.6 Å². The summed E-state index contributed by atoms with van der Waals surface area (Å²) in [6.45, 7) is 8.98. The minimum Gasteiger partial charge on any atom is -0.343 e. The molecule has 0 bridgehead atoms. The molecule has 4 heteroatoms. The van der Waals surface area contributed by atoms with Gasteiger partial charge in [0, 0.05) is 41.8 Å². The molecule has 0 atom stereocenters. The van der Waals surface area contributed by atoms with E-state index in [0.29, 0.717) is 5.92 Å². The third kappa shape index (κ3) is 1.91. The third-order valence-corrected chi connectivity index (χ3v) is 4.10. The third-order valence-electron chi connectivity index (χ3n) is 3.77. The Morgan fingerprint density at radius 2 is 2.11 bits per heavy atom. The first-order valence-electron chi connectivity index (χ1n) is 6.33. The molecule has 3 nitrogen and oxygen atoms in total. The van der Waals surface area contributed by atoms with Gasteiger partial charge in [0.2, 0.25) is 0 Å². The van der Waals surface area contributed by atoms with Gasteiger partial charge in [-0.2, -0.15) is 0 Å². The summed E-state index contributed by atoms with van der Waals surface area (Å²) in [6.07, 6.45) is 1.74. The summed E-state index contributed by atoms with van der Waals surface area (Å²) < 4.78 is 0. The molecule has 96 valence electrons. The van der Waals surface area contributed by atoms with E-state index in [9.17, 15) is 0 Å². The van der Waals surface area contributed by atoms with Gasteiger partial charge in [-0.3, -0.25) is 4.90 Å². The lowest BCUT2D eigenvalue weighted by Gasteiger charge is -2.47. The van der Waals surface area contributed by atoms with Gasteiger partial charge in [0.1, 0.15) is 5.65 Å². The molecule has 2 aromatic rings. The largest absolute Gasteiger partial charge is 0.343 e. The fourth-order valence-electron chi connectivity index (χ4n) is 2.46. The Morgan fingerprint density at radius 3 is 2.72 bits per heavy atom. The van der Waals surface area contributed by atoms with E-state index in [1.54, 1.807) is 6.20 Å². The van der Waals surface area contributed by atoms with Crippen LogP contribution < -0.4 is 0 Å². The lowest BCUT2D eigenvalue weighted by atomic mass is 9.90. The maximum Gasteiger partial charge on any atom is 0.138 e. The maximum atomic E-state index is 6.17. The Labute approximate surface area is 112 Å². The first-order valence-corrected chi connectivity index (χ1v) is 6.71. The van der Waals surface area contributed by atoms with Gasteiger partial charge in [-0.15, -0.1) is 0 Å². The van der Waals surface area contributed by atoms with Gasteiger partial charge in [-0.1, -0.05) is 11.6 Å². The van der Waals surface area contributed by atoms with Crippen LogP contribution in [0.15, 0.2) is 18.3 Å². The van der Waals surface area contributed by atoms with Crippen molar-refractivity contribution in [1.29, 1.82) is 0 Å². The highest BCUT2D eigenvalue weighted by Gasteiger charge is 2.35. The van der Waals surface area contributed by atoms with Gasteiger partial charge in [0.05, 0.1) is 5.02 Å². The van der Waals surface area contributed by atoms with Crippen LogP contribution in [0.25, 0.3) is 11.0 Å². The van der Waals surface area contributed by atoms with E-state index >= 15 is 0 Å². The highest BCUT2D eigenvalue weighted by atomic mass is 35.5. The molecule has 0 aliphatic carbocycles. The lowest BCUT2D eigenvalue weighted by Crippen LogP contribution is -2.54. The minimum absolute atomic E-state index is 0.262. The van der Waals surface area contributed by atoms with E-state index < -0.39 is 0 Å². The molecule has 0 aromatic carbocycles. The molecule has 3 heterocycles. The summed E-state index contributed by atoms with van der Waals surface area (Å²) in [5, 5.41) is 1.80. The van der Waals surface area contributed by atoms with E-state index in [2.05, 4.69) is 41.7 Å². The summed E-state index contributed by atoms with van der Waals surface area (Å²) in [7, 11) is 0. The number of nitrogens with one attached hydrogen (secondary N) is 1. The molecule has 0 saturated carbocycles. The molecule has 0 unspecified atom stereocenters. The number of halogens is 1. The molecule has 0 amide bonds. The summed E-state index contributed by atoms with van der Waals surface area (Å²) in [6, 6.07) is 3.99. The van der Waals surface area contributed by atoms with Crippen molar-refractivity contribution in [3.8, 4) is 0 Å². The summed E-state index contributed by atoms with van der Waals surface area (Å²) >= 11 is 6.17. The maximum absolute atomic E-state index is 6.17. The molecule has 1 aliphatic rings. The first kappa shape index (κ1) is 12.0. The molecule has 2 aromatic heterocycles. The second kappa shape index (κ2) is 3.97.